The molecule has 0 unspecified atom stereocenters. The van der Waals surface area contributed by atoms with Gasteiger partial charge in [-0.3, -0.25) is 0 Å². The van der Waals surface area contributed by atoms with Gasteiger partial charge in [-0.25, -0.2) is 8.42 Å². The van der Waals surface area contributed by atoms with Crippen LogP contribution < -0.4 is 34.4 Å². The second-order valence-corrected chi connectivity index (χ2v) is 16.4. The Kier molecular flexibility index (Phi) is 13.3. The minimum atomic E-state index is -5.82. The van der Waals surface area contributed by atoms with Crippen LogP contribution in [0.25, 0.3) is 0 Å². The van der Waals surface area contributed by atoms with E-state index in [9.17, 15) is 65.4 Å². The van der Waals surface area contributed by atoms with Crippen molar-refractivity contribution in [2.75, 3.05) is 34.4 Å². The SMILES string of the molecule is CC(C)(c1ccc(O)c(N)c1)c1ccc(O)c(N)c1.Nc1cc(C(c2ccc(O)c(N)c2)(C(F)(F)F)C(F)(F)F)ccc1O.Nc1cc(S(=O)(=O)c2ccc(O)c(N)c2)ccc1O. The Morgan fingerprint density at radius 2 is 0.603 bits per heavy atom. The van der Waals surface area contributed by atoms with E-state index in [1.165, 1.54) is 24.3 Å². The number of aromatic hydroxyl groups is 6. The van der Waals surface area contributed by atoms with Gasteiger partial charge in [-0.15, -0.1) is 0 Å². The number of nitrogen functional groups attached to an aromatic ring is 6. The van der Waals surface area contributed by atoms with Crippen molar-refractivity contribution in [2.24, 2.45) is 0 Å². The van der Waals surface area contributed by atoms with Crippen LogP contribution in [0.1, 0.15) is 36.1 Å². The van der Waals surface area contributed by atoms with Gasteiger partial charge in [0.25, 0.3) is 0 Å². The monoisotopic (exact) mass is 904 g/mol. The summed E-state index contributed by atoms with van der Waals surface area (Å²) in [5.74, 6) is -1.55. The topological polar surface area (TPSA) is 312 Å². The molecule has 6 aromatic rings. The van der Waals surface area contributed by atoms with Crippen molar-refractivity contribution in [1.29, 1.82) is 0 Å². The molecule has 0 aliphatic heterocycles. The molecule has 63 heavy (non-hydrogen) atoms. The number of rotatable bonds is 6. The number of phenols is 6. The van der Waals surface area contributed by atoms with Crippen LogP contribution in [-0.4, -0.2) is 51.4 Å². The van der Waals surface area contributed by atoms with E-state index in [0.717, 1.165) is 23.3 Å². The van der Waals surface area contributed by atoms with Crippen LogP contribution in [0.5, 0.6) is 34.5 Å². The summed E-state index contributed by atoms with van der Waals surface area (Å²) in [5.41, 5.74) is 27.0. The molecule has 0 saturated heterocycles. The summed E-state index contributed by atoms with van der Waals surface area (Å²) in [5, 5.41) is 56.2. The Morgan fingerprint density at radius 1 is 0.381 bits per heavy atom. The van der Waals surface area contributed by atoms with E-state index in [2.05, 4.69) is 0 Å². The van der Waals surface area contributed by atoms with Gasteiger partial charge < -0.3 is 65.0 Å². The van der Waals surface area contributed by atoms with E-state index in [1.54, 1.807) is 24.3 Å². The standard InChI is InChI=1S/C15H12F6N2O2.C15H18N2O2.C12H12N2O4S/c16-14(17,18)13(15(19,20)21,7-1-3-11(24)9(22)5-7)8-2-4-12(25)10(23)6-8;1-15(2,9-3-5-13(18)11(16)7-9)10-4-6-14(19)12(17)8-10;13-9-5-7(1-3-11(9)15)19(17,18)8-2-4-12(16)10(14)6-8/h1-6,24-25H,22-23H2;3-8,18-19H,16-17H2,1-2H3;1-6,15-16H,13-14H2. The Morgan fingerprint density at radius 3 is 0.841 bits per heavy atom. The molecule has 0 amide bonds. The molecule has 0 saturated carbocycles. The van der Waals surface area contributed by atoms with Gasteiger partial charge in [0.1, 0.15) is 34.5 Å². The number of anilines is 6. The largest absolute Gasteiger partial charge is 0.506 e. The van der Waals surface area contributed by atoms with Gasteiger partial charge in [0.05, 0.1) is 43.9 Å². The summed E-state index contributed by atoms with van der Waals surface area (Å²) in [6.45, 7) is 4.06. The first-order valence-electron chi connectivity index (χ1n) is 17.9. The molecule has 336 valence electrons. The third kappa shape index (κ3) is 9.67. The molecule has 21 heteroatoms. The zero-order chi connectivity index (χ0) is 47.6. The summed E-state index contributed by atoms with van der Waals surface area (Å²) in [4.78, 5) is -0.124. The van der Waals surface area contributed by atoms with Crippen molar-refractivity contribution in [3.8, 4) is 34.5 Å². The van der Waals surface area contributed by atoms with Crippen molar-refractivity contribution in [1.82, 2.24) is 0 Å². The molecule has 18 N–H and O–H groups in total. The van der Waals surface area contributed by atoms with E-state index in [-0.39, 0.29) is 49.6 Å². The summed E-state index contributed by atoms with van der Waals surface area (Å²) in [7, 11) is -3.80. The highest BCUT2D eigenvalue weighted by Crippen LogP contribution is 2.57. The predicted molar refractivity (Wildman–Crippen MR) is 226 cm³/mol. The first-order chi connectivity index (χ1) is 29.0. The Labute approximate surface area is 355 Å². The van der Waals surface area contributed by atoms with Gasteiger partial charge in [0, 0.05) is 5.41 Å². The molecule has 0 radical (unpaired) electrons. The minimum absolute atomic E-state index is 0.0344. The van der Waals surface area contributed by atoms with Gasteiger partial charge >= 0.3 is 12.4 Å². The average Bonchev–Trinajstić information content (AvgIpc) is 3.18. The molecule has 0 aromatic heterocycles. The maximum atomic E-state index is 13.8. The molecule has 0 spiro atoms. The first-order valence-corrected chi connectivity index (χ1v) is 19.4. The lowest BCUT2D eigenvalue weighted by Crippen LogP contribution is -2.54. The number of halogens is 6. The fourth-order valence-electron chi connectivity index (χ4n) is 6.15. The van der Waals surface area contributed by atoms with Crippen molar-refractivity contribution >= 4 is 44.0 Å². The molecule has 0 bridgehead atoms. The summed E-state index contributed by atoms with van der Waals surface area (Å²) < 4.78 is 107. The fourth-order valence-corrected chi connectivity index (χ4v) is 7.48. The first kappa shape index (κ1) is 48.1. The second-order valence-electron chi connectivity index (χ2n) is 14.4. The van der Waals surface area contributed by atoms with Crippen molar-refractivity contribution in [2.45, 2.75) is 46.8 Å². The molecule has 0 aliphatic rings. The van der Waals surface area contributed by atoms with Crippen molar-refractivity contribution < 1.29 is 65.4 Å². The number of hydrogen-bond acceptors (Lipinski definition) is 14. The van der Waals surface area contributed by atoms with E-state index in [4.69, 9.17) is 34.4 Å². The molecule has 14 nitrogen and oxygen atoms in total. The highest BCUT2D eigenvalue weighted by molar-refractivity contribution is 7.91. The summed E-state index contributed by atoms with van der Waals surface area (Å²) in [6.07, 6.45) is -11.6. The van der Waals surface area contributed by atoms with Gasteiger partial charge in [-0.1, -0.05) is 38.1 Å². The Bertz CT molecular complexity index is 2590. The second kappa shape index (κ2) is 17.4. The summed E-state index contributed by atoms with van der Waals surface area (Å²) >= 11 is 0. The van der Waals surface area contributed by atoms with Gasteiger partial charge in [0.15, 0.2) is 0 Å². The number of nitrogens with two attached hydrogens (primary N) is 6. The zero-order valence-electron chi connectivity index (χ0n) is 33.0. The Hall–Kier alpha value is -7.55. The normalized spacial score (nSPS) is 12.1. The van der Waals surface area contributed by atoms with Crippen molar-refractivity contribution in [3.05, 3.63) is 131 Å². The van der Waals surface area contributed by atoms with Crippen LogP contribution in [0, 0.1) is 0 Å². The highest BCUT2D eigenvalue weighted by Gasteiger charge is 2.72. The van der Waals surface area contributed by atoms with E-state index < -0.39 is 61.6 Å². The van der Waals surface area contributed by atoms with Crippen LogP contribution in [0.15, 0.2) is 119 Å². The highest BCUT2D eigenvalue weighted by atomic mass is 32.2. The molecule has 0 aliphatic carbocycles. The molecular weight excluding hydrogens is 863 g/mol. The van der Waals surface area contributed by atoms with Crippen LogP contribution in [0.3, 0.4) is 0 Å². The van der Waals surface area contributed by atoms with Gasteiger partial charge in [0.2, 0.25) is 15.3 Å². The lowest BCUT2D eigenvalue weighted by molar-refractivity contribution is -0.288. The maximum absolute atomic E-state index is 13.8. The molecule has 6 rings (SSSR count). The minimum Gasteiger partial charge on any atom is -0.506 e. The maximum Gasteiger partial charge on any atom is 0.411 e. The van der Waals surface area contributed by atoms with Gasteiger partial charge in [-0.2, -0.15) is 26.3 Å². The van der Waals surface area contributed by atoms with Crippen LogP contribution in [0.2, 0.25) is 0 Å². The lowest BCUT2D eigenvalue weighted by atomic mass is 9.72. The molecule has 0 heterocycles. The van der Waals surface area contributed by atoms with Crippen LogP contribution in [0.4, 0.5) is 60.5 Å². The smallest absolute Gasteiger partial charge is 0.411 e. The third-order valence-corrected chi connectivity index (χ3v) is 11.6. The Balaban J connectivity index is 0.000000210. The number of hydrogen-bond donors (Lipinski definition) is 12. The number of alkyl halides is 6. The number of phenolic OH excluding ortho intramolecular Hbond substituents is 6. The number of benzene rings is 6. The third-order valence-electron chi connectivity index (χ3n) is 9.89. The van der Waals surface area contributed by atoms with Crippen LogP contribution in [-0.2, 0) is 20.7 Å². The molecule has 6 aromatic carbocycles. The number of sulfone groups is 1. The van der Waals surface area contributed by atoms with E-state index in [0.29, 0.717) is 47.8 Å². The quantitative estimate of drug-likeness (QED) is 0.0442. The van der Waals surface area contributed by atoms with Gasteiger partial charge in [-0.05, 0) is 107 Å². The zero-order valence-corrected chi connectivity index (χ0v) is 33.8. The van der Waals surface area contributed by atoms with E-state index >= 15 is 0 Å². The van der Waals surface area contributed by atoms with Crippen molar-refractivity contribution in [3.63, 3.8) is 0 Å². The molecule has 0 fully saturated rings. The predicted octanol–water partition coefficient (Wildman–Crippen LogP) is 7.36. The lowest BCUT2D eigenvalue weighted by Gasteiger charge is -2.38. The molecular formula is C42H42F6N6O8S. The fraction of sp³-hybridized carbons (Fsp3) is 0.143. The van der Waals surface area contributed by atoms with E-state index in [1.807, 2.05) is 26.0 Å². The molecule has 0 atom stereocenters. The summed E-state index contributed by atoms with van der Waals surface area (Å²) in [6, 6.07) is 20.6. The van der Waals surface area contributed by atoms with Crippen LogP contribution >= 0.6 is 0 Å². The average molecular weight is 905 g/mol.